The quantitative estimate of drug-likeness (QED) is 0.669. The Hall–Kier alpha value is -3.08. The maximum atomic E-state index is 11.9. The van der Waals surface area contributed by atoms with Gasteiger partial charge >= 0.3 is 5.97 Å². The molecule has 5 nitrogen and oxygen atoms in total. The van der Waals surface area contributed by atoms with Crippen molar-refractivity contribution >= 4 is 28.2 Å². The Morgan fingerprint density at radius 1 is 1.08 bits per heavy atom. The minimum Gasteiger partial charge on any atom is -0.494 e. The molecule has 1 N–H and O–H groups in total. The highest BCUT2D eigenvalue weighted by Gasteiger charge is 2.08. The Morgan fingerprint density at radius 2 is 1.96 bits per heavy atom. The molecule has 0 saturated heterocycles. The number of nitrogens with zero attached hydrogens (tertiary/aromatic N) is 1. The van der Waals surface area contributed by atoms with Crippen LogP contribution in [0.5, 0.6) is 5.75 Å². The van der Waals surface area contributed by atoms with Crippen LogP contribution in [0.15, 0.2) is 54.7 Å². The number of anilines is 2. The number of carbonyl (C=O) groups excluding carboxylic acids is 1. The number of pyridine rings is 1. The number of hydrogen-bond acceptors (Lipinski definition) is 5. The fourth-order valence-electron chi connectivity index (χ4n) is 2.58. The van der Waals surface area contributed by atoms with E-state index in [1.165, 1.54) is 0 Å². The fraction of sp³-hybridized carbons (Fsp3) is 0.200. The number of hydrogen-bond donors (Lipinski definition) is 1. The number of fused-ring (bicyclic) bond motifs is 1. The van der Waals surface area contributed by atoms with Crippen LogP contribution in [0.25, 0.3) is 10.9 Å². The molecule has 0 unspecified atom stereocenters. The monoisotopic (exact) mass is 336 g/mol. The van der Waals surface area contributed by atoms with Crippen LogP contribution in [-0.4, -0.2) is 24.2 Å². The Balaban J connectivity index is 1.93. The minimum absolute atomic E-state index is 0.329. The first-order valence-electron chi connectivity index (χ1n) is 8.27. The summed E-state index contributed by atoms with van der Waals surface area (Å²) in [6, 6.07) is 14.9. The zero-order valence-corrected chi connectivity index (χ0v) is 14.3. The summed E-state index contributed by atoms with van der Waals surface area (Å²) in [6.07, 6.45) is 1.75. The van der Waals surface area contributed by atoms with E-state index in [9.17, 15) is 4.79 Å². The van der Waals surface area contributed by atoms with E-state index in [0.717, 1.165) is 28.0 Å². The van der Waals surface area contributed by atoms with Crippen molar-refractivity contribution in [2.75, 3.05) is 18.5 Å². The van der Waals surface area contributed by atoms with Crippen molar-refractivity contribution in [1.29, 1.82) is 0 Å². The average Bonchev–Trinajstić information content (AvgIpc) is 2.63. The molecular weight excluding hydrogens is 316 g/mol. The van der Waals surface area contributed by atoms with Crippen molar-refractivity contribution in [3.05, 3.63) is 60.3 Å². The number of carbonyl (C=O) groups is 1. The summed E-state index contributed by atoms with van der Waals surface area (Å²) in [4.78, 5) is 16.3. The average molecular weight is 336 g/mol. The van der Waals surface area contributed by atoms with Crippen LogP contribution >= 0.6 is 0 Å². The molecule has 0 bridgehead atoms. The van der Waals surface area contributed by atoms with E-state index in [1.54, 1.807) is 25.3 Å². The number of nitrogens with one attached hydrogen (secondary N) is 1. The first-order valence-corrected chi connectivity index (χ1v) is 8.27. The van der Waals surface area contributed by atoms with Crippen molar-refractivity contribution in [2.45, 2.75) is 13.8 Å². The van der Waals surface area contributed by atoms with Crippen LogP contribution in [0, 0.1) is 0 Å². The fourth-order valence-corrected chi connectivity index (χ4v) is 2.58. The van der Waals surface area contributed by atoms with Crippen LogP contribution in [0.2, 0.25) is 0 Å². The van der Waals surface area contributed by atoms with E-state index in [0.29, 0.717) is 18.8 Å². The molecule has 0 fully saturated rings. The second-order valence-corrected chi connectivity index (χ2v) is 5.40. The zero-order valence-electron chi connectivity index (χ0n) is 14.3. The molecule has 0 spiro atoms. The Kier molecular flexibility index (Phi) is 5.14. The summed E-state index contributed by atoms with van der Waals surface area (Å²) < 4.78 is 10.6. The summed E-state index contributed by atoms with van der Waals surface area (Å²) >= 11 is 0. The van der Waals surface area contributed by atoms with E-state index in [-0.39, 0.29) is 5.97 Å². The van der Waals surface area contributed by atoms with E-state index >= 15 is 0 Å². The van der Waals surface area contributed by atoms with Crippen molar-refractivity contribution in [3.8, 4) is 5.75 Å². The molecular formula is C20H20N2O3. The second kappa shape index (κ2) is 7.66. The van der Waals surface area contributed by atoms with Gasteiger partial charge in [-0.1, -0.05) is 6.07 Å². The highest BCUT2D eigenvalue weighted by molar-refractivity contribution is 5.95. The van der Waals surface area contributed by atoms with E-state index < -0.39 is 0 Å². The van der Waals surface area contributed by atoms with Crippen molar-refractivity contribution in [1.82, 2.24) is 4.98 Å². The van der Waals surface area contributed by atoms with Gasteiger partial charge in [-0.2, -0.15) is 0 Å². The molecule has 2 aromatic carbocycles. The van der Waals surface area contributed by atoms with Gasteiger partial charge in [-0.15, -0.1) is 0 Å². The zero-order chi connectivity index (χ0) is 17.6. The van der Waals surface area contributed by atoms with Crippen LogP contribution in [0.3, 0.4) is 0 Å². The predicted octanol–water partition coefficient (Wildman–Crippen LogP) is 4.55. The highest BCUT2D eigenvalue weighted by Crippen LogP contribution is 2.28. The van der Waals surface area contributed by atoms with Gasteiger partial charge in [-0.25, -0.2) is 4.79 Å². The topological polar surface area (TPSA) is 60.5 Å². The van der Waals surface area contributed by atoms with E-state index in [4.69, 9.17) is 9.47 Å². The second-order valence-electron chi connectivity index (χ2n) is 5.40. The first kappa shape index (κ1) is 16.8. The van der Waals surface area contributed by atoms with Gasteiger partial charge in [0.25, 0.3) is 0 Å². The normalized spacial score (nSPS) is 10.5. The molecule has 3 aromatic rings. The number of aromatic nitrogens is 1. The molecule has 5 heteroatoms. The maximum absolute atomic E-state index is 11.9. The van der Waals surface area contributed by atoms with Crippen molar-refractivity contribution < 1.29 is 14.3 Å². The third kappa shape index (κ3) is 3.88. The first-order chi connectivity index (χ1) is 12.2. The largest absolute Gasteiger partial charge is 0.494 e. The van der Waals surface area contributed by atoms with Gasteiger partial charge in [0.15, 0.2) is 0 Å². The molecule has 128 valence electrons. The lowest BCUT2D eigenvalue weighted by Gasteiger charge is -2.12. The van der Waals surface area contributed by atoms with Gasteiger partial charge in [0.2, 0.25) is 0 Å². The Morgan fingerprint density at radius 3 is 2.76 bits per heavy atom. The molecule has 25 heavy (non-hydrogen) atoms. The highest BCUT2D eigenvalue weighted by atomic mass is 16.5. The molecule has 0 radical (unpaired) electrons. The van der Waals surface area contributed by atoms with Crippen LogP contribution in [0.1, 0.15) is 24.2 Å². The van der Waals surface area contributed by atoms with Gasteiger partial charge in [0.05, 0.1) is 24.3 Å². The van der Waals surface area contributed by atoms with Gasteiger partial charge in [-0.05, 0) is 56.3 Å². The molecule has 0 aliphatic carbocycles. The van der Waals surface area contributed by atoms with Crippen molar-refractivity contribution in [2.24, 2.45) is 0 Å². The van der Waals surface area contributed by atoms with E-state index in [2.05, 4.69) is 10.3 Å². The maximum Gasteiger partial charge on any atom is 0.338 e. The molecule has 1 aromatic heterocycles. The number of ether oxygens (including phenoxy) is 2. The lowest BCUT2D eigenvalue weighted by atomic mass is 10.1. The smallest absolute Gasteiger partial charge is 0.338 e. The third-order valence-electron chi connectivity index (χ3n) is 3.68. The van der Waals surface area contributed by atoms with Gasteiger partial charge in [0, 0.05) is 23.0 Å². The summed E-state index contributed by atoms with van der Waals surface area (Å²) in [5, 5.41) is 4.30. The Labute approximate surface area is 146 Å². The minimum atomic E-state index is -0.329. The third-order valence-corrected chi connectivity index (χ3v) is 3.68. The lowest BCUT2D eigenvalue weighted by molar-refractivity contribution is 0.0526. The molecule has 0 atom stereocenters. The molecule has 0 aliphatic rings. The number of rotatable bonds is 6. The predicted molar refractivity (Wildman–Crippen MR) is 98.6 cm³/mol. The summed E-state index contributed by atoms with van der Waals surface area (Å²) in [6.45, 7) is 4.70. The number of benzene rings is 2. The van der Waals surface area contributed by atoms with Gasteiger partial charge in [-0.3, -0.25) is 4.98 Å². The molecule has 3 rings (SSSR count). The van der Waals surface area contributed by atoms with Gasteiger partial charge < -0.3 is 14.8 Å². The molecule has 0 saturated carbocycles. The summed E-state index contributed by atoms with van der Waals surface area (Å²) in [5.74, 6) is 0.468. The van der Waals surface area contributed by atoms with E-state index in [1.807, 2.05) is 43.3 Å². The standard InChI is InChI=1S/C20H20N2O3/c1-3-24-16-8-9-18-17(13-16)19(10-11-21-18)22-15-7-5-6-14(12-15)20(23)25-4-2/h5-13H,3-4H2,1-2H3,(H,21,22). The summed E-state index contributed by atoms with van der Waals surface area (Å²) in [5.41, 5.74) is 3.09. The lowest BCUT2D eigenvalue weighted by Crippen LogP contribution is -2.05. The van der Waals surface area contributed by atoms with Crippen LogP contribution < -0.4 is 10.1 Å². The van der Waals surface area contributed by atoms with Crippen LogP contribution in [-0.2, 0) is 4.74 Å². The van der Waals surface area contributed by atoms with Crippen molar-refractivity contribution in [3.63, 3.8) is 0 Å². The molecule has 1 heterocycles. The SMILES string of the molecule is CCOC(=O)c1cccc(Nc2ccnc3ccc(OCC)cc23)c1. The van der Waals surface area contributed by atoms with Crippen LogP contribution in [0.4, 0.5) is 11.4 Å². The Bertz CT molecular complexity index is 893. The summed E-state index contributed by atoms with van der Waals surface area (Å²) in [7, 11) is 0. The molecule has 0 aliphatic heterocycles. The number of esters is 1. The van der Waals surface area contributed by atoms with Gasteiger partial charge in [0.1, 0.15) is 5.75 Å². The molecule has 0 amide bonds.